The molecular formula is C16H20O4. The molecule has 108 valence electrons. The van der Waals surface area contributed by atoms with Crippen LogP contribution < -0.4 is 0 Å². The van der Waals surface area contributed by atoms with Crippen molar-refractivity contribution in [2.45, 2.75) is 24.7 Å². The maximum absolute atomic E-state index is 10.2. The summed E-state index contributed by atoms with van der Waals surface area (Å²) in [6.07, 6.45) is 3.80. The number of aliphatic hydroxyl groups is 2. The number of aliphatic hydroxyl groups excluding tert-OH is 1. The van der Waals surface area contributed by atoms with Crippen molar-refractivity contribution in [2.24, 2.45) is 0 Å². The van der Waals surface area contributed by atoms with Gasteiger partial charge in [0.1, 0.15) is 6.10 Å². The van der Waals surface area contributed by atoms with Gasteiger partial charge in [-0.05, 0) is 36.1 Å². The van der Waals surface area contributed by atoms with Crippen molar-refractivity contribution in [1.82, 2.24) is 0 Å². The first-order chi connectivity index (χ1) is 9.60. The van der Waals surface area contributed by atoms with Gasteiger partial charge in [0, 0.05) is 7.11 Å². The highest BCUT2D eigenvalue weighted by Crippen LogP contribution is 2.31. The smallest absolute Gasteiger partial charge is 0.255 e. The molecule has 0 fully saturated rings. The topological polar surface area (TPSA) is 58.9 Å². The fourth-order valence-electron chi connectivity index (χ4n) is 2.30. The molecule has 0 aliphatic heterocycles. The molecule has 0 aromatic heterocycles. The minimum Gasteiger partial charge on any atom is -0.495 e. The van der Waals surface area contributed by atoms with Crippen LogP contribution in [0.1, 0.15) is 12.0 Å². The van der Waals surface area contributed by atoms with Crippen molar-refractivity contribution in [3.05, 3.63) is 59.4 Å². The molecule has 2 rings (SSSR count). The number of aryl methyl sites for hydroxylation is 1. The maximum Gasteiger partial charge on any atom is 0.255 e. The van der Waals surface area contributed by atoms with Crippen LogP contribution in [0.3, 0.4) is 0 Å². The highest BCUT2D eigenvalue weighted by atomic mass is 16.7. The van der Waals surface area contributed by atoms with Gasteiger partial charge in [-0.3, -0.25) is 0 Å². The standard InChI is InChI=1S/C16H20O4/c1-19-15-11-13(10-14(17)16(15,18)20-2)9-8-12-6-4-3-5-7-12/h3-7,10-11,14,17-18H,8-9H2,1-2H3. The monoisotopic (exact) mass is 276 g/mol. The summed E-state index contributed by atoms with van der Waals surface area (Å²) in [4.78, 5) is 0. The highest BCUT2D eigenvalue weighted by Gasteiger charge is 2.42. The van der Waals surface area contributed by atoms with E-state index in [0.29, 0.717) is 0 Å². The Labute approximate surface area is 119 Å². The van der Waals surface area contributed by atoms with Gasteiger partial charge in [0.05, 0.1) is 7.11 Å². The van der Waals surface area contributed by atoms with Gasteiger partial charge in [-0.25, -0.2) is 0 Å². The molecule has 2 N–H and O–H groups in total. The Hall–Kier alpha value is -1.62. The van der Waals surface area contributed by atoms with Crippen LogP contribution in [0.15, 0.2) is 53.8 Å². The molecule has 0 bridgehead atoms. The quantitative estimate of drug-likeness (QED) is 0.805. The van der Waals surface area contributed by atoms with Crippen LogP contribution in [-0.4, -0.2) is 36.3 Å². The third-order valence-electron chi connectivity index (χ3n) is 3.52. The van der Waals surface area contributed by atoms with Gasteiger partial charge < -0.3 is 19.7 Å². The van der Waals surface area contributed by atoms with E-state index in [9.17, 15) is 10.2 Å². The van der Waals surface area contributed by atoms with Gasteiger partial charge in [0.25, 0.3) is 5.79 Å². The molecular weight excluding hydrogens is 256 g/mol. The van der Waals surface area contributed by atoms with Crippen LogP contribution in [0.2, 0.25) is 0 Å². The number of allylic oxidation sites excluding steroid dienone is 2. The summed E-state index contributed by atoms with van der Waals surface area (Å²) >= 11 is 0. The van der Waals surface area contributed by atoms with Gasteiger partial charge >= 0.3 is 0 Å². The molecule has 4 nitrogen and oxygen atoms in total. The minimum absolute atomic E-state index is 0.220. The van der Waals surface area contributed by atoms with E-state index in [0.717, 1.165) is 18.4 Å². The van der Waals surface area contributed by atoms with Gasteiger partial charge in [-0.2, -0.15) is 0 Å². The molecule has 2 unspecified atom stereocenters. The van der Waals surface area contributed by atoms with E-state index >= 15 is 0 Å². The Balaban J connectivity index is 2.10. The van der Waals surface area contributed by atoms with Crippen LogP contribution in [0.4, 0.5) is 0 Å². The molecule has 0 saturated carbocycles. The predicted octanol–water partition coefficient (Wildman–Crippen LogP) is 1.79. The Kier molecular flexibility index (Phi) is 4.60. The summed E-state index contributed by atoms with van der Waals surface area (Å²) in [6, 6.07) is 10.1. The molecule has 0 heterocycles. The maximum atomic E-state index is 10.2. The minimum atomic E-state index is -1.80. The lowest BCUT2D eigenvalue weighted by Gasteiger charge is -2.34. The highest BCUT2D eigenvalue weighted by molar-refractivity contribution is 5.34. The van der Waals surface area contributed by atoms with Crippen molar-refractivity contribution >= 4 is 0 Å². The second-order valence-electron chi connectivity index (χ2n) is 4.79. The molecule has 20 heavy (non-hydrogen) atoms. The Morgan fingerprint density at radius 1 is 1.15 bits per heavy atom. The van der Waals surface area contributed by atoms with Gasteiger partial charge in [0.2, 0.25) is 0 Å². The van der Waals surface area contributed by atoms with E-state index in [1.807, 2.05) is 18.2 Å². The van der Waals surface area contributed by atoms with Crippen molar-refractivity contribution in [3.8, 4) is 0 Å². The number of rotatable bonds is 5. The third-order valence-corrected chi connectivity index (χ3v) is 3.52. The summed E-state index contributed by atoms with van der Waals surface area (Å²) in [5.74, 6) is -1.58. The van der Waals surface area contributed by atoms with Crippen molar-refractivity contribution < 1.29 is 19.7 Å². The zero-order valence-electron chi connectivity index (χ0n) is 11.7. The molecule has 1 aromatic carbocycles. The van der Waals surface area contributed by atoms with Crippen LogP contribution in [-0.2, 0) is 15.9 Å². The number of benzene rings is 1. The molecule has 0 spiro atoms. The molecule has 0 radical (unpaired) electrons. The number of hydrogen-bond acceptors (Lipinski definition) is 4. The van der Waals surface area contributed by atoms with Gasteiger partial charge in [-0.15, -0.1) is 0 Å². The van der Waals surface area contributed by atoms with Crippen LogP contribution in [0.25, 0.3) is 0 Å². The van der Waals surface area contributed by atoms with E-state index in [1.54, 1.807) is 12.2 Å². The fraction of sp³-hybridized carbons (Fsp3) is 0.375. The molecule has 1 aromatic rings. The first kappa shape index (κ1) is 14.8. The third kappa shape index (κ3) is 2.93. The molecule has 0 amide bonds. The molecule has 4 heteroatoms. The van der Waals surface area contributed by atoms with Crippen LogP contribution >= 0.6 is 0 Å². The Morgan fingerprint density at radius 2 is 1.85 bits per heavy atom. The van der Waals surface area contributed by atoms with Gasteiger partial charge in [0.15, 0.2) is 5.76 Å². The lowest BCUT2D eigenvalue weighted by atomic mass is 9.93. The Morgan fingerprint density at radius 3 is 2.45 bits per heavy atom. The fourth-order valence-corrected chi connectivity index (χ4v) is 2.30. The summed E-state index contributed by atoms with van der Waals surface area (Å²) in [5, 5.41) is 20.2. The van der Waals surface area contributed by atoms with Crippen LogP contribution in [0, 0.1) is 0 Å². The lowest BCUT2D eigenvalue weighted by molar-refractivity contribution is -0.224. The second kappa shape index (κ2) is 6.22. The average molecular weight is 276 g/mol. The van der Waals surface area contributed by atoms with E-state index in [2.05, 4.69) is 12.1 Å². The summed E-state index contributed by atoms with van der Waals surface area (Å²) in [7, 11) is 2.78. The van der Waals surface area contributed by atoms with Crippen molar-refractivity contribution in [1.29, 1.82) is 0 Å². The van der Waals surface area contributed by atoms with Crippen molar-refractivity contribution in [3.63, 3.8) is 0 Å². The first-order valence-corrected chi connectivity index (χ1v) is 6.56. The van der Waals surface area contributed by atoms with Gasteiger partial charge in [-0.1, -0.05) is 30.3 Å². The average Bonchev–Trinajstić information content (AvgIpc) is 2.49. The molecule has 0 saturated heterocycles. The van der Waals surface area contributed by atoms with E-state index in [1.165, 1.54) is 19.8 Å². The summed E-state index contributed by atoms with van der Waals surface area (Å²) in [5.41, 5.74) is 2.14. The lowest BCUT2D eigenvalue weighted by Crippen LogP contribution is -2.47. The largest absolute Gasteiger partial charge is 0.495 e. The number of ether oxygens (including phenoxy) is 2. The first-order valence-electron chi connectivity index (χ1n) is 6.56. The summed E-state index contributed by atoms with van der Waals surface area (Å²) in [6.45, 7) is 0. The zero-order chi connectivity index (χ0) is 14.6. The Bertz CT molecular complexity index is 506. The van der Waals surface area contributed by atoms with E-state index in [-0.39, 0.29) is 5.76 Å². The van der Waals surface area contributed by atoms with E-state index in [4.69, 9.17) is 9.47 Å². The van der Waals surface area contributed by atoms with Crippen molar-refractivity contribution in [2.75, 3.05) is 14.2 Å². The number of methoxy groups -OCH3 is 2. The normalized spacial score (nSPS) is 25.9. The van der Waals surface area contributed by atoms with E-state index < -0.39 is 11.9 Å². The molecule has 1 aliphatic carbocycles. The molecule has 1 aliphatic rings. The SMILES string of the molecule is COC1=CC(CCc2ccccc2)=CC(O)C1(O)OC. The van der Waals surface area contributed by atoms with Crippen LogP contribution in [0.5, 0.6) is 0 Å². The predicted molar refractivity (Wildman–Crippen MR) is 75.9 cm³/mol. The molecule has 2 atom stereocenters. The summed E-state index contributed by atoms with van der Waals surface area (Å²) < 4.78 is 10.1. The zero-order valence-corrected chi connectivity index (χ0v) is 11.7. The second-order valence-corrected chi connectivity index (χ2v) is 4.79. The number of hydrogen-bond donors (Lipinski definition) is 2.